The molecule has 1 amide bonds. The molecule has 1 heterocycles. The van der Waals surface area contributed by atoms with Gasteiger partial charge in [-0.15, -0.1) is 0 Å². The molecule has 2 aromatic rings. The summed E-state index contributed by atoms with van der Waals surface area (Å²) in [5.41, 5.74) is 0.987. The molecular weight excluding hydrogens is 286 g/mol. The number of carbonyl (C=O) groups is 1. The number of aryl methyl sites for hydroxylation is 1. The van der Waals surface area contributed by atoms with E-state index in [4.69, 9.17) is 11.6 Å². The molecular formula is C16H18ClN3O. The van der Waals surface area contributed by atoms with Crippen molar-refractivity contribution in [3.05, 3.63) is 53.1 Å². The van der Waals surface area contributed by atoms with Crippen molar-refractivity contribution in [2.45, 2.75) is 25.3 Å². The zero-order chi connectivity index (χ0) is 14.8. The van der Waals surface area contributed by atoms with Crippen LogP contribution in [-0.4, -0.2) is 15.5 Å². The molecule has 1 fully saturated rings. The molecule has 110 valence electrons. The van der Waals surface area contributed by atoms with Crippen molar-refractivity contribution in [3.63, 3.8) is 0 Å². The van der Waals surface area contributed by atoms with E-state index in [0.29, 0.717) is 5.02 Å². The van der Waals surface area contributed by atoms with E-state index in [1.807, 2.05) is 42.1 Å². The van der Waals surface area contributed by atoms with Crippen LogP contribution in [0.5, 0.6) is 0 Å². The molecule has 4 nitrogen and oxygen atoms in total. The van der Waals surface area contributed by atoms with Crippen LogP contribution in [0, 0.1) is 5.92 Å². The summed E-state index contributed by atoms with van der Waals surface area (Å²) in [5.74, 6) is 1.09. The summed E-state index contributed by atoms with van der Waals surface area (Å²) >= 11 is 5.95. The summed E-state index contributed by atoms with van der Waals surface area (Å²) in [7, 11) is 1.93. The van der Waals surface area contributed by atoms with Crippen LogP contribution in [-0.2, 0) is 11.8 Å². The number of nitrogens with one attached hydrogen (secondary N) is 1. The molecule has 0 bridgehead atoms. The van der Waals surface area contributed by atoms with Crippen LogP contribution in [0.3, 0.4) is 0 Å². The third-order valence-electron chi connectivity index (χ3n) is 4.08. The molecule has 1 aliphatic rings. The number of aromatic nitrogens is 2. The zero-order valence-electron chi connectivity index (χ0n) is 11.9. The molecule has 1 unspecified atom stereocenters. The van der Waals surface area contributed by atoms with Gasteiger partial charge >= 0.3 is 0 Å². The van der Waals surface area contributed by atoms with Gasteiger partial charge in [-0.05, 0) is 30.5 Å². The maximum Gasteiger partial charge on any atom is 0.223 e. The first-order chi connectivity index (χ1) is 10.1. The second-order valence-electron chi connectivity index (χ2n) is 5.52. The van der Waals surface area contributed by atoms with E-state index in [2.05, 4.69) is 10.3 Å². The number of hydrogen-bond acceptors (Lipinski definition) is 2. The highest BCUT2D eigenvalue weighted by atomic mass is 35.5. The van der Waals surface area contributed by atoms with Gasteiger partial charge < -0.3 is 9.88 Å². The third kappa shape index (κ3) is 2.95. The molecule has 0 saturated heterocycles. The average molecular weight is 304 g/mol. The normalized spacial score (nSPS) is 16.3. The molecule has 21 heavy (non-hydrogen) atoms. The second kappa shape index (κ2) is 5.90. The molecule has 0 spiro atoms. The first-order valence-corrected chi connectivity index (χ1v) is 7.56. The lowest BCUT2D eigenvalue weighted by atomic mass is 9.84. The third-order valence-corrected chi connectivity index (χ3v) is 4.33. The van der Waals surface area contributed by atoms with E-state index in [9.17, 15) is 4.79 Å². The molecule has 1 aromatic carbocycles. The summed E-state index contributed by atoms with van der Waals surface area (Å²) < 4.78 is 1.93. The Morgan fingerprint density at radius 3 is 2.62 bits per heavy atom. The summed E-state index contributed by atoms with van der Waals surface area (Å²) in [6.45, 7) is 0. The predicted octanol–water partition coefficient (Wildman–Crippen LogP) is 3.08. The number of halogens is 1. The Morgan fingerprint density at radius 2 is 2.10 bits per heavy atom. The van der Waals surface area contributed by atoms with Gasteiger partial charge in [0.25, 0.3) is 0 Å². The monoisotopic (exact) mass is 303 g/mol. The lowest BCUT2D eigenvalue weighted by molar-refractivity contribution is -0.127. The largest absolute Gasteiger partial charge is 0.342 e. The van der Waals surface area contributed by atoms with Crippen LogP contribution < -0.4 is 5.32 Å². The zero-order valence-corrected chi connectivity index (χ0v) is 12.7. The van der Waals surface area contributed by atoms with Crippen LogP contribution in [0.25, 0.3) is 0 Å². The van der Waals surface area contributed by atoms with Crippen molar-refractivity contribution in [2.75, 3.05) is 0 Å². The Bertz CT molecular complexity index is 631. The molecule has 1 saturated carbocycles. The van der Waals surface area contributed by atoms with Crippen molar-refractivity contribution in [3.8, 4) is 0 Å². The van der Waals surface area contributed by atoms with Crippen molar-refractivity contribution in [1.82, 2.24) is 14.9 Å². The number of amides is 1. The topological polar surface area (TPSA) is 46.9 Å². The van der Waals surface area contributed by atoms with Crippen LogP contribution in [0.4, 0.5) is 0 Å². The minimum absolute atomic E-state index is 0.115. The van der Waals surface area contributed by atoms with Gasteiger partial charge in [0.2, 0.25) is 5.91 Å². The van der Waals surface area contributed by atoms with Crippen LogP contribution in [0.15, 0.2) is 36.7 Å². The fourth-order valence-electron chi connectivity index (χ4n) is 2.54. The van der Waals surface area contributed by atoms with Gasteiger partial charge in [-0.2, -0.15) is 0 Å². The first kappa shape index (κ1) is 14.1. The van der Waals surface area contributed by atoms with Gasteiger partial charge in [0.05, 0.1) is 0 Å². The lowest BCUT2D eigenvalue weighted by Crippen LogP contribution is -2.38. The molecule has 1 atom stereocenters. The average Bonchev–Trinajstić information content (AvgIpc) is 2.81. The lowest BCUT2D eigenvalue weighted by Gasteiger charge is -2.27. The molecule has 1 aromatic heterocycles. The fraction of sp³-hybridized carbons (Fsp3) is 0.375. The predicted molar refractivity (Wildman–Crippen MR) is 82.0 cm³/mol. The van der Waals surface area contributed by atoms with Gasteiger partial charge in [0, 0.05) is 30.4 Å². The standard InChI is InChI=1S/C16H18ClN3O/c1-20-10-9-18-15(20)14(11-5-7-13(17)8-6-11)19-16(21)12-3-2-4-12/h5-10,12,14H,2-4H2,1H3,(H,19,21). The Labute approximate surface area is 129 Å². The quantitative estimate of drug-likeness (QED) is 0.943. The van der Waals surface area contributed by atoms with Crippen LogP contribution in [0.2, 0.25) is 5.02 Å². The van der Waals surface area contributed by atoms with Crippen LogP contribution in [0.1, 0.15) is 36.7 Å². The van der Waals surface area contributed by atoms with E-state index >= 15 is 0 Å². The Balaban J connectivity index is 1.89. The van der Waals surface area contributed by atoms with Crippen molar-refractivity contribution in [2.24, 2.45) is 13.0 Å². The molecule has 1 N–H and O–H groups in total. The van der Waals surface area contributed by atoms with Gasteiger partial charge in [-0.25, -0.2) is 4.98 Å². The summed E-state index contributed by atoms with van der Waals surface area (Å²) in [6, 6.07) is 7.30. The summed E-state index contributed by atoms with van der Waals surface area (Å²) in [5, 5.41) is 3.82. The number of hydrogen-bond donors (Lipinski definition) is 1. The van der Waals surface area contributed by atoms with E-state index in [1.54, 1.807) is 6.20 Å². The Morgan fingerprint density at radius 1 is 1.38 bits per heavy atom. The second-order valence-corrected chi connectivity index (χ2v) is 5.95. The summed E-state index contributed by atoms with van der Waals surface area (Å²) in [6.07, 6.45) is 6.74. The maximum absolute atomic E-state index is 12.3. The van der Waals surface area contributed by atoms with Gasteiger partial charge in [-0.3, -0.25) is 4.79 Å². The molecule has 3 rings (SSSR count). The smallest absolute Gasteiger partial charge is 0.223 e. The van der Waals surface area contributed by atoms with Gasteiger partial charge in [-0.1, -0.05) is 30.2 Å². The Hall–Kier alpha value is -1.81. The molecule has 5 heteroatoms. The van der Waals surface area contributed by atoms with Gasteiger partial charge in [0.1, 0.15) is 11.9 Å². The number of carbonyl (C=O) groups excluding carboxylic acids is 1. The number of nitrogens with zero attached hydrogens (tertiary/aromatic N) is 2. The van der Waals surface area contributed by atoms with Crippen molar-refractivity contribution >= 4 is 17.5 Å². The number of benzene rings is 1. The van der Waals surface area contributed by atoms with E-state index < -0.39 is 0 Å². The highest BCUT2D eigenvalue weighted by Crippen LogP contribution is 2.29. The highest BCUT2D eigenvalue weighted by molar-refractivity contribution is 6.30. The minimum atomic E-state index is -0.240. The van der Waals surface area contributed by atoms with E-state index in [-0.39, 0.29) is 17.9 Å². The molecule has 0 aliphatic heterocycles. The van der Waals surface area contributed by atoms with E-state index in [0.717, 1.165) is 30.7 Å². The van der Waals surface area contributed by atoms with Crippen LogP contribution >= 0.6 is 11.6 Å². The highest BCUT2D eigenvalue weighted by Gasteiger charge is 2.29. The fourth-order valence-corrected chi connectivity index (χ4v) is 2.66. The first-order valence-electron chi connectivity index (χ1n) is 7.18. The van der Waals surface area contributed by atoms with Crippen molar-refractivity contribution < 1.29 is 4.79 Å². The summed E-state index contributed by atoms with van der Waals surface area (Å²) in [4.78, 5) is 16.7. The minimum Gasteiger partial charge on any atom is -0.342 e. The SMILES string of the molecule is Cn1ccnc1C(NC(=O)C1CCC1)c1ccc(Cl)cc1. The number of rotatable bonds is 4. The Kier molecular flexibility index (Phi) is 3.97. The van der Waals surface area contributed by atoms with E-state index in [1.165, 1.54) is 0 Å². The van der Waals surface area contributed by atoms with Crippen molar-refractivity contribution in [1.29, 1.82) is 0 Å². The molecule has 0 radical (unpaired) electrons. The molecule has 1 aliphatic carbocycles. The maximum atomic E-state index is 12.3. The number of imidazole rings is 1. The van der Waals surface area contributed by atoms with Gasteiger partial charge in [0.15, 0.2) is 0 Å².